The molecule has 6 atom stereocenters. The number of ether oxygens (including phenoxy) is 2. The summed E-state index contributed by atoms with van der Waals surface area (Å²) in [6.45, 7) is 6.22. The minimum Gasteiger partial charge on any atom is -0.462 e. The molecule has 1 saturated heterocycles. The van der Waals surface area contributed by atoms with Crippen molar-refractivity contribution in [2.24, 2.45) is 0 Å². The van der Waals surface area contributed by atoms with E-state index < -0.39 is 67.6 Å². The summed E-state index contributed by atoms with van der Waals surface area (Å²) in [7, 11) is -4.61. The van der Waals surface area contributed by atoms with Crippen LogP contribution in [0.25, 0.3) is 0 Å². The van der Waals surface area contributed by atoms with E-state index in [1.807, 2.05) is 4.98 Å². The molecule has 1 aliphatic heterocycles. The predicted molar refractivity (Wildman–Crippen MR) is 125 cm³/mol. The number of nitrogens with zero attached hydrogens (tertiary/aromatic N) is 1. The van der Waals surface area contributed by atoms with E-state index in [0.717, 1.165) is 12.3 Å². The van der Waals surface area contributed by atoms with Gasteiger partial charge in [-0.2, -0.15) is 9.48 Å². The zero-order chi connectivity index (χ0) is 27.6. The number of halogens is 2. The number of hydrogen-bond donors (Lipinski definition) is 3. The number of benzene rings is 1. The van der Waals surface area contributed by atoms with Crippen LogP contribution >= 0.6 is 7.75 Å². The summed E-state index contributed by atoms with van der Waals surface area (Å²) in [5, 5.41) is 12.7. The van der Waals surface area contributed by atoms with E-state index >= 15 is 8.78 Å². The number of nitrogens with one attached hydrogen (secondary N) is 2. The van der Waals surface area contributed by atoms with E-state index in [2.05, 4.69) is 12.0 Å². The molecule has 2 heterocycles. The first-order valence-corrected chi connectivity index (χ1v) is 12.6. The second kappa shape index (κ2) is 10.8. The number of H-pyrrole nitrogens is 1. The van der Waals surface area contributed by atoms with Crippen molar-refractivity contribution in [2.45, 2.75) is 56.8 Å². The van der Waals surface area contributed by atoms with Gasteiger partial charge in [0.15, 0.2) is 6.10 Å². The van der Waals surface area contributed by atoms with E-state index in [4.69, 9.17) is 18.5 Å². The molecule has 37 heavy (non-hydrogen) atoms. The highest BCUT2D eigenvalue weighted by Crippen LogP contribution is 2.51. The number of esters is 1. The Kier molecular flexibility index (Phi) is 8.30. The van der Waals surface area contributed by atoms with Crippen molar-refractivity contribution in [3.05, 3.63) is 70.4 Å². The maximum atomic E-state index is 15.7. The molecule has 0 bridgehead atoms. The summed E-state index contributed by atoms with van der Waals surface area (Å²) in [5.41, 5.74) is -5.11. The van der Waals surface area contributed by atoms with Gasteiger partial charge in [0, 0.05) is 12.3 Å². The van der Waals surface area contributed by atoms with E-state index in [1.54, 1.807) is 32.0 Å². The smallest absolute Gasteiger partial charge is 0.459 e. The highest BCUT2D eigenvalue weighted by Gasteiger charge is 2.70. The van der Waals surface area contributed by atoms with Crippen LogP contribution in [0.5, 0.6) is 5.75 Å². The lowest BCUT2D eigenvalue weighted by molar-refractivity contribution is -0.204. The first-order valence-electron chi connectivity index (χ1n) is 11.0. The molecule has 12 nitrogen and oxygen atoms in total. The van der Waals surface area contributed by atoms with Crippen LogP contribution in [0.4, 0.5) is 8.78 Å². The Morgan fingerprint density at radius 1 is 1.27 bits per heavy atom. The number of aliphatic hydroxyl groups is 1. The Morgan fingerprint density at radius 2 is 1.92 bits per heavy atom. The maximum Gasteiger partial charge on any atom is 0.459 e. The summed E-state index contributed by atoms with van der Waals surface area (Å²) in [6.07, 6.45) is -4.44. The van der Waals surface area contributed by atoms with Gasteiger partial charge in [0.2, 0.25) is 6.23 Å². The Morgan fingerprint density at radius 3 is 2.51 bits per heavy atom. The number of aromatic nitrogens is 2. The Balaban J connectivity index is 1.86. The first kappa shape index (κ1) is 28.5. The zero-order valence-electron chi connectivity index (χ0n) is 20.1. The normalized spacial score (nSPS) is 28.0. The van der Waals surface area contributed by atoms with Crippen LogP contribution < -0.4 is 20.9 Å². The Labute approximate surface area is 210 Å². The van der Waals surface area contributed by atoms with Gasteiger partial charge in [0.05, 0.1) is 6.10 Å². The second-order valence-electron chi connectivity index (χ2n) is 8.61. The van der Waals surface area contributed by atoms with Gasteiger partial charge in [0.1, 0.15) is 25.3 Å². The van der Waals surface area contributed by atoms with Crippen molar-refractivity contribution < 1.29 is 41.8 Å². The number of para-hydroxylation sites is 1. The van der Waals surface area contributed by atoms with Gasteiger partial charge in [-0.15, -0.1) is 0 Å². The topological polar surface area (TPSA) is 158 Å². The van der Waals surface area contributed by atoms with Gasteiger partial charge >= 0.3 is 25.1 Å². The summed E-state index contributed by atoms with van der Waals surface area (Å²) in [5.74, 6) is -4.20. The average Bonchev–Trinajstić information content (AvgIpc) is 2.98. The molecule has 3 rings (SSSR count). The summed E-state index contributed by atoms with van der Waals surface area (Å²) >= 11 is 0. The van der Waals surface area contributed by atoms with Gasteiger partial charge in [-0.05, 0) is 32.9 Å². The highest BCUT2D eigenvalue weighted by molar-refractivity contribution is 7.52. The minimum atomic E-state index is -4.61. The van der Waals surface area contributed by atoms with Crippen LogP contribution in [0, 0.1) is 6.92 Å². The molecule has 1 aromatic carbocycles. The molecule has 1 aliphatic rings. The number of carbonyl (C=O) groups excluding carboxylic acids is 1. The second-order valence-corrected chi connectivity index (χ2v) is 10.3. The molecule has 0 radical (unpaired) electrons. The van der Waals surface area contributed by atoms with Crippen LogP contribution in [0.15, 0.2) is 52.2 Å². The maximum absolute atomic E-state index is 15.7. The van der Waals surface area contributed by atoms with Crippen LogP contribution in [0.1, 0.15) is 27.0 Å². The first-order chi connectivity index (χ1) is 17.2. The molecule has 1 aromatic heterocycles. The third-order valence-corrected chi connectivity index (χ3v) is 6.77. The molecule has 0 saturated carbocycles. The minimum absolute atomic E-state index is 0.0122. The molecule has 6 unspecified atom stereocenters. The van der Waals surface area contributed by atoms with E-state index in [0.29, 0.717) is 4.57 Å². The van der Waals surface area contributed by atoms with E-state index in [1.165, 1.54) is 19.1 Å². The van der Waals surface area contributed by atoms with Crippen molar-refractivity contribution in [1.29, 1.82) is 0 Å². The molecule has 202 valence electrons. The largest absolute Gasteiger partial charge is 0.462 e. The lowest BCUT2D eigenvalue weighted by Crippen LogP contribution is -2.48. The predicted octanol–water partition coefficient (Wildman–Crippen LogP) is 1.77. The van der Waals surface area contributed by atoms with Crippen LogP contribution in [-0.4, -0.2) is 57.0 Å². The number of aliphatic hydroxyl groups excluding tert-OH is 1. The number of alkyl halides is 2. The summed E-state index contributed by atoms with van der Waals surface area (Å²) in [6, 6.07) is 7.13. The van der Waals surface area contributed by atoms with Crippen LogP contribution in [0.2, 0.25) is 0 Å². The molecule has 15 heteroatoms. The van der Waals surface area contributed by atoms with Gasteiger partial charge < -0.3 is 19.1 Å². The summed E-state index contributed by atoms with van der Waals surface area (Å²) in [4.78, 5) is 37.5. The average molecular weight is 546 g/mol. The molecule has 0 aliphatic carbocycles. The SMILES string of the molecule is [CH2+]C1(F)C(n2ccc(=O)[nH]c2=O)OC(F)(COP(=O)(NC(C)C(=O)OC(C)C)Oc2ccccc2)C1O. The molecular weight excluding hydrogens is 519 g/mol. The number of hydrogen-bond acceptors (Lipinski definition) is 9. The van der Waals surface area contributed by atoms with E-state index in [-0.39, 0.29) is 5.75 Å². The molecule has 0 spiro atoms. The van der Waals surface area contributed by atoms with Gasteiger partial charge in [0.25, 0.3) is 11.4 Å². The number of rotatable bonds is 10. The lowest BCUT2D eigenvalue weighted by Gasteiger charge is -2.27. The van der Waals surface area contributed by atoms with E-state index in [9.17, 15) is 24.1 Å². The van der Waals surface area contributed by atoms with Gasteiger partial charge in [-0.25, -0.2) is 13.8 Å². The molecular formula is C22H27F2N3O9P+. The van der Waals surface area contributed by atoms with Gasteiger partial charge in [-0.1, -0.05) is 18.2 Å². The monoisotopic (exact) mass is 546 g/mol. The third kappa shape index (κ3) is 6.46. The number of aromatic amines is 1. The van der Waals surface area contributed by atoms with Crippen molar-refractivity contribution in [1.82, 2.24) is 14.6 Å². The zero-order valence-corrected chi connectivity index (χ0v) is 21.0. The van der Waals surface area contributed by atoms with Crippen molar-refractivity contribution in [3.8, 4) is 5.75 Å². The Bertz CT molecular complexity index is 1270. The third-order valence-electron chi connectivity index (χ3n) is 5.14. The standard InChI is InChI=1S/C22H26F2N3O9P/c1-13(2)34-17(29)14(3)26-37(32,36-15-8-6-5-7-9-15)33-12-22(24)18(30)21(4,23)19(35-22)27-11-10-16(28)25-20(27)31/h5-11,13-14,18-19,30H,4,12H2,1-3H3,(H-,25,26,28,31,32)/p+1. The van der Waals surface area contributed by atoms with Crippen molar-refractivity contribution >= 4 is 13.7 Å². The molecule has 3 N–H and O–H groups in total. The molecule has 1 fully saturated rings. The lowest BCUT2D eigenvalue weighted by atomic mass is 9.97. The fourth-order valence-corrected chi connectivity index (χ4v) is 4.87. The van der Waals surface area contributed by atoms with Crippen molar-refractivity contribution in [2.75, 3.05) is 6.61 Å². The number of carbonyl (C=O) groups is 1. The summed E-state index contributed by atoms with van der Waals surface area (Å²) < 4.78 is 65.6. The van der Waals surface area contributed by atoms with Crippen LogP contribution in [0.3, 0.4) is 0 Å². The fraction of sp³-hybridized carbons (Fsp3) is 0.455. The molecule has 0 amide bonds. The van der Waals surface area contributed by atoms with Gasteiger partial charge in [-0.3, -0.25) is 23.7 Å². The quantitative estimate of drug-likeness (QED) is 0.228. The Hall–Kier alpha value is -3.03. The van der Waals surface area contributed by atoms with Crippen molar-refractivity contribution in [3.63, 3.8) is 0 Å². The van der Waals surface area contributed by atoms with Crippen LogP contribution in [-0.2, 0) is 23.4 Å². The molecule has 2 aromatic rings. The highest BCUT2D eigenvalue weighted by atomic mass is 31.2. The fourth-order valence-electron chi connectivity index (χ4n) is 3.36.